The SMILES string of the molecule is Oc1ccc(-c2cccc3c2oc2ccccc23)cc1-c1cccc2c1oc1ccccc12. The summed E-state index contributed by atoms with van der Waals surface area (Å²) in [5, 5.41) is 15.1. The Bertz CT molecular complexity index is 1830. The molecule has 3 nitrogen and oxygen atoms in total. The maximum atomic E-state index is 10.8. The topological polar surface area (TPSA) is 46.5 Å². The van der Waals surface area contributed by atoms with Gasteiger partial charge in [-0.2, -0.15) is 0 Å². The smallest absolute Gasteiger partial charge is 0.143 e. The monoisotopic (exact) mass is 426 g/mol. The summed E-state index contributed by atoms with van der Waals surface area (Å²) in [6.45, 7) is 0. The number of aromatic hydroxyl groups is 1. The van der Waals surface area contributed by atoms with E-state index in [-0.39, 0.29) is 5.75 Å². The Morgan fingerprint density at radius 1 is 0.455 bits per heavy atom. The fraction of sp³-hybridized carbons (Fsp3) is 0. The van der Waals surface area contributed by atoms with Crippen LogP contribution in [0.15, 0.2) is 112 Å². The summed E-state index contributed by atoms with van der Waals surface area (Å²) in [7, 11) is 0. The molecule has 5 aromatic carbocycles. The zero-order valence-electron chi connectivity index (χ0n) is 17.6. The number of hydrogen-bond donors (Lipinski definition) is 1. The van der Waals surface area contributed by atoms with Gasteiger partial charge in [-0.25, -0.2) is 0 Å². The maximum absolute atomic E-state index is 10.8. The van der Waals surface area contributed by atoms with Crippen LogP contribution < -0.4 is 0 Å². The fourth-order valence-electron chi connectivity index (χ4n) is 4.85. The Hall–Kier alpha value is -4.50. The predicted molar refractivity (Wildman–Crippen MR) is 134 cm³/mol. The fourth-order valence-corrected chi connectivity index (χ4v) is 4.85. The lowest BCUT2D eigenvalue weighted by atomic mass is 9.96. The van der Waals surface area contributed by atoms with Crippen molar-refractivity contribution in [2.75, 3.05) is 0 Å². The van der Waals surface area contributed by atoms with Crippen molar-refractivity contribution in [3.05, 3.63) is 103 Å². The minimum Gasteiger partial charge on any atom is -0.507 e. The maximum Gasteiger partial charge on any atom is 0.143 e. The third-order valence-electron chi connectivity index (χ3n) is 6.41. The molecule has 2 heterocycles. The molecule has 0 aliphatic rings. The molecule has 0 amide bonds. The van der Waals surface area contributed by atoms with Crippen LogP contribution in [0.25, 0.3) is 66.1 Å². The molecule has 3 heteroatoms. The number of benzene rings is 5. The highest BCUT2D eigenvalue weighted by atomic mass is 16.3. The van der Waals surface area contributed by atoms with Gasteiger partial charge in [-0.3, -0.25) is 0 Å². The number of furan rings is 2. The third kappa shape index (κ3) is 2.63. The van der Waals surface area contributed by atoms with Crippen molar-refractivity contribution in [3.8, 4) is 28.0 Å². The van der Waals surface area contributed by atoms with E-state index in [0.29, 0.717) is 0 Å². The van der Waals surface area contributed by atoms with Crippen LogP contribution in [0, 0.1) is 0 Å². The van der Waals surface area contributed by atoms with E-state index < -0.39 is 0 Å². The van der Waals surface area contributed by atoms with Gasteiger partial charge >= 0.3 is 0 Å². The standard InChI is InChI=1S/C30H18O3/c31-26-16-15-18(19-9-5-10-22-20-7-1-3-13-27(20)32-29(19)22)17-25(26)24-12-6-11-23-21-8-2-4-14-28(21)33-30(23)24/h1-17,31H. The van der Waals surface area contributed by atoms with Gasteiger partial charge in [0.2, 0.25) is 0 Å². The van der Waals surface area contributed by atoms with E-state index in [1.54, 1.807) is 6.07 Å². The van der Waals surface area contributed by atoms with Gasteiger partial charge < -0.3 is 13.9 Å². The van der Waals surface area contributed by atoms with Gasteiger partial charge in [0, 0.05) is 38.2 Å². The normalized spacial score (nSPS) is 11.8. The summed E-state index contributed by atoms with van der Waals surface area (Å²) in [5.41, 5.74) is 6.87. The van der Waals surface area contributed by atoms with Crippen LogP contribution in [-0.2, 0) is 0 Å². The van der Waals surface area contributed by atoms with Gasteiger partial charge in [0.1, 0.15) is 28.1 Å². The van der Waals surface area contributed by atoms with Crippen molar-refractivity contribution in [2.24, 2.45) is 0 Å². The zero-order valence-corrected chi connectivity index (χ0v) is 17.6. The zero-order chi connectivity index (χ0) is 21.9. The van der Waals surface area contributed by atoms with Crippen molar-refractivity contribution >= 4 is 43.9 Å². The molecular weight excluding hydrogens is 408 g/mol. The lowest BCUT2D eigenvalue weighted by Gasteiger charge is -2.09. The molecule has 33 heavy (non-hydrogen) atoms. The van der Waals surface area contributed by atoms with E-state index in [9.17, 15) is 5.11 Å². The third-order valence-corrected chi connectivity index (χ3v) is 6.41. The number of phenolic OH excluding ortho intramolecular Hbond substituents is 1. The first kappa shape index (κ1) is 18.1. The summed E-state index contributed by atoms with van der Waals surface area (Å²) in [6.07, 6.45) is 0. The van der Waals surface area contributed by atoms with Crippen LogP contribution in [0.1, 0.15) is 0 Å². The van der Waals surface area contributed by atoms with E-state index in [1.165, 1.54) is 0 Å². The molecule has 156 valence electrons. The molecule has 1 N–H and O–H groups in total. The van der Waals surface area contributed by atoms with E-state index >= 15 is 0 Å². The average Bonchev–Trinajstić information content (AvgIpc) is 3.43. The van der Waals surface area contributed by atoms with Crippen molar-refractivity contribution in [1.82, 2.24) is 0 Å². The molecule has 0 saturated heterocycles. The van der Waals surface area contributed by atoms with Gasteiger partial charge in [0.25, 0.3) is 0 Å². The van der Waals surface area contributed by atoms with Crippen molar-refractivity contribution in [2.45, 2.75) is 0 Å². The van der Waals surface area contributed by atoms with Crippen LogP contribution in [0.5, 0.6) is 5.75 Å². The summed E-state index contributed by atoms with van der Waals surface area (Å²) in [4.78, 5) is 0. The summed E-state index contributed by atoms with van der Waals surface area (Å²) in [5.74, 6) is 0.212. The van der Waals surface area contributed by atoms with E-state index in [0.717, 1.165) is 66.1 Å². The highest BCUT2D eigenvalue weighted by molar-refractivity contribution is 6.11. The molecule has 0 aliphatic heterocycles. The second kappa shape index (κ2) is 6.75. The first-order valence-corrected chi connectivity index (χ1v) is 10.9. The summed E-state index contributed by atoms with van der Waals surface area (Å²) < 4.78 is 12.5. The molecule has 7 rings (SSSR count). The van der Waals surface area contributed by atoms with Crippen LogP contribution >= 0.6 is 0 Å². The van der Waals surface area contributed by atoms with Gasteiger partial charge in [-0.1, -0.05) is 78.9 Å². The highest BCUT2D eigenvalue weighted by Gasteiger charge is 2.17. The van der Waals surface area contributed by atoms with Crippen LogP contribution in [0.3, 0.4) is 0 Å². The van der Waals surface area contributed by atoms with Crippen molar-refractivity contribution in [3.63, 3.8) is 0 Å². The number of phenols is 1. The molecule has 2 aromatic heterocycles. The van der Waals surface area contributed by atoms with Gasteiger partial charge in [-0.05, 0) is 29.8 Å². The minimum atomic E-state index is 0.212. The largest absolute Gasteiger partial charge is 0.507 e. The average molecular weight is 426 g/mol. The number of hydrogen-bond acceptors (Lipinski definition) is 3. The minimum absolute atomic E-state index is 0.212. The molecular formula is C30H18O3. The van der Waals surface area contributed by atoms with Gasteiger partial charge in [0.15, 0.2) is 0 Å². The summed E-state index contributed by atoms with van der Waals surface area (Å²) in [6, 6.07) is 34.0. The Balaban J connectivity index is 1.48. The Labute approximate surface area is 189 Å². The number of rotatable bonds is 2. The second-order valence-electron chi connectivity index (χ2n) is 8.29. The quantitative estimate of drug-likeness (QED) is 0.301. The van der Waals surface area contributed by atoms with Crippen LogP contribution in [0.2, 0.25) is 0 Å². The Morgan fingerprint density at radius 2 is 1.00 bits per heavy atom. The van der Waals surface area contributed by atoms with Crippen molar-refractivity contribution in [1.29, 1.82) is 0 Å². The lowest BCUT2D eigenvalue weighted by Crippen LogP contribution is -1.84. The van der Waals surface area contributed by atoms with Gasteiger partial charge in [0.05, 0.1) is 0 Å². The first-order valence-electron chi connectivity index (χ1n) is 10.9. The summed E-state index contributed by atoms with van der Waals surface area (Å²) >= 11 is 0. The molecule has 0 aliphatic carbocycles. The first-order chi connectivity index (χ1) is 16.3. The van der Waals surface area contributed by atoms with Gasteiger partial charge in [-0.15, -0.1) is 0 Å². The van der Waals surface area contributed by atoms with Crippen LogP contribution in [0.4, 0.5) is 0 Å². The Morgan fingerprint density at radius 3 is 1.67 bits per heavy atom. The molecule has 0 saturated carbocycles. The second-order valence-corrected chi connectivity index (χ2v) is 8.29. The molecule has 0 bridgehead atoms. The molecule has 0 fully saturated rings. The molecule has 0 radical (unpaired) electrons. The molecule has 0 unspecified atom stereocenters. The molecule has 7 aromatic rings. The number of para-hydroxylation sites is 4. The molecule has 0 atom stereocenters. The predicted octanol–water partition coefficient (Wildman–Crippen LogP) is 8.53. The van der Waals surface area contributed by atoms with E-state index in [1.807, 2.05) is 66.7 Å². The van der Waals surface area contributed by atoms with E-state index in [4.69, 9.17) is 8.83 Å². The number of fused-ring (bicyclic) bond motifs is 6. The highest BCUT2D eigenvalue weighted by Crippen LogP contribution is 2.42. The lowest BCUT2D eigenvalue weighted by molar-refractivity contribution is 0.477. The van der Waals surface area contributed by atoms with E-state index in [2.05, 4.69) is 30.3 Å². The Kier molecular flexibility index (Phi) is 3.70. The molecule has 0 spiro atoms. The van der Waals surface area contributed by atoms with Crippen LogP contribution in [-0.4, -0.2) is 5.11 Å². The van der Waals surface area contributed by atoms with Crippen molar-refractivity contribution < 1.29 is 13.9 Å².